The molecule has 0 unspecified atom stereocenters. The molecule has 0 radical (unpaired) electrons. The maximum atomic E-state index is 13.0. The Morgan fingerprint density at radius 2 is 1.73 bits per heavy atom. The molecule has 0 aliphatic heterocycles. The summed E-state index contributed by atoms with van der Waals surface area (Å²) in [6.45, 7) is 2.00. The molecule has 5 aromatic rings. The van der Waals surface area contributed by atoms with Gasteiger partial charge >= 0.3 is 6.18 Å². The number of hydrogen-bond donors (Lipinski definition) is 1. The van der Waals surface area contributed by atoms with Crippen molar-refractivity contribution < 1.29 is 18.0 Å². The molecule has 5 rings (SSSR count). The molecule has 0 spiro atoms. The normalized spacial score (nSPS) is 11.5. The van der Waals surface area contributed by atoms with Crippen LogP contribution in [0.3, 0.4) is 0 Å². The molecular weight excluding hydrogens is 555 g/mol. The zero-order valence-electron chi connectivity index (χ0n) is 21.4. The van der Waals surface area contributed by atoms with Gasteiger partial charge in [0.15, 0.2) is 5.16 Å². The van der Waals surface area contributed by atoms with Gasteiger partial charge in [-0.3, -0.25) is 9.36 Å². The summed E-state index contributed by atoms with van der Waals surface area (Å²) in [6.07, 6.45) is -3.82. The van der Waals surface area contributed by atoms with Gasteiger partial charge in [0.2, 0.25) is 0 Å². The predicted octanol–water partition coefficient (Wildman–Crippen LogP) is 6.86. The highest BCUT2D eigenvalue weighted by atomic mass is 32.2. The highest BCUT2D eigenvalue weighted by molar-refractivity contribution is 7.98. The van der Waals surface area contributed by atoms with E-state index in [9.17, 15) is 18.0 Å². The lowest BCUT2D eigenvalue weighted by Gasteiger charge is -2.10. The number of carbonyl (C=O) groups is 1. The lowest BCUT2D eigenvalue weighted by Crippen LogP contribution is -2.23. The van der Waals surface area contributed by atoms with Crippen molar-refractivity contribution in [2.45, 2.75) is 37.0 Å². The Kier molecular flexibility index (Phi) is 8.32. The molecule has 0 fully saturated rings. The van der Waals surface area contributed by atoms with Crippen molar-refractivity contribution in [2.75, 3.05) is 0 Å². The quantitative estimate of drug-likeness (QED) is 0.193. The summed E-state index contributed by atoms with van der Waals surface area (Å²) >= 11 is 2.81. The Labute approximate surface area is 237 Å². The van der Waals surface area contributed by atoms with Crippen molar-refractivity contribution in [3.8, 4) is 5.69 Å². The van der Waals surface area contributed by atoms with Crippen molar-refractivity contribution >= 4 is 29.0 Å². The number of thioether (sulfide) groups is 1. The van der Waals surface area contributed by atoms with Gasteiger partial charge in [-0.25, -0.2) is 4.98 Å². The number of nitrogens with one attached hydrogen (secondary N) is 1. The van der Waals surface area contributed by atoms with E-state index in [1.807, 2.05) is 54.0 Å². The standard InChI is InChI=1S/C29H24F3N5OS2/c1-19-10-12-23(13-11-19)37-25(15-20-6-3-2-4-7-20)35-36-28(37)40-18-26-34-24(17-39-26)27(38)33-16-21-8-5-9-22(14-21)29(30,31)32/h2-14,17H,15-16,18H2,1H3,(H,33,38). The Morgan fingerprint density at radius 1 is 0.975 bits per heavy atom. The number of hydrogen-bond acceptors (Lipinski definition) is 6. The van der Waals surface area contributed by atoms with Gasteiger partial charge in [-0.2, -0.15) is 13.2 Å². The highest BCUT2D eigenvalue weighted by Crippen LogP contribution is 2.30. The van der Waals surface area contributed by atoms with E-state index in [-0.39, 0.29) is 12.2 Å². The minimum atomic E-state index is -4.44. The molecule has 0 aliphatic rings. The molecule has 40 heavy (non-hydrogen) atoms. The van der Waals surface area contributed by atoms with E-state index < -0.39 is 17.6 Å². The molecule has 0 atom stereocenters. The number of rotatable bonds is 9. The first-order chi connectivity index (χ1) is 19.3. The largest absolute Gasteiger partial charge is 0.416 e. The minimum absolute atomic E-state index is 0.0335. The van der Waals surface area contributed by atoms with Crippen LogP contribution in [0.5, 0.6) is 0 Å². The Bertz CT molecular complexity index is 1600. The van der Waals surface area contributed by atoms with Crippen LogP contribution < -0.4 is 5.32 Å². The average Bonchev–Trinajstić information content (AvgIpc) is 3.59. The molecule has 0 bridgehead atoms. The van der Waals surface area contributed by atoms with Crippen LogP contribution in [-0.2, 0) is 24.9 Å². The molecule has 1 amide bonds. The second-order valence-corrected chi connectivity index (χ2v) is 10.9. The summed E-state index contributed by atoms with van der Waals surface area (Å²) < 4.78 is 40.9. The third kappa shape index (κ3) is 6.78. The summed E-state index contributed by atoms with van der Waals surface area (Å²) in [6, 6.07) is 23.1. The summed E-state index contributed by atoms with van der Waals surface area (Å²) in [5.41, 5.74) is 3.06. The fourth-order valence-electron chi connectivity index (χ4n) is 3.98. The van der Waals surface area contributed by atoms with Crippen LogP contribution in [0.2, 0.25) is 0 Å². The lowest BCUT2D eigenvalue weighted by molar-refractivity contribution is -0.137. The first-order valence-corrected chi connectivity index (χ1v) is 14.2. The van der Waals surface area contributed by atoms with Gasteiger partial charge in [0.25, 0.3) is 5.91 Å². The molecule has 0 saturated heterocycles. The number of carbonyl (C=O) groups excluding carboxylic acids is 1. The van der Waals surface area contributed by atoms with Crippen molar-refractivity contribution in [3.05, 3.63) is 123 Å². The molecule has 3 aromatic carbocycles. The molecule has 2 aromatic heterocycles. The van der Waals surface area contributed by atoms with Crippen molar-refractivity contribution in [1.82, 2.24) is 25.1 Å². The zero-order valence-corrected chi connectivity index (χ0v) is 23.0. The molecular formula is C29H24F3N5OS2. The fourth-order valence-corrected chi connectivity index (χ4v) is 5.74. The SMILES string of the molecule is Cc1ccc(-n2c(Cc3ccccc3)nnc2SCc2nc(C(=O)NCc3cccc(C(F)(F)F)c3)cs2)cc1. The summed E-state index contributed by atoms with van der Waals surface area (Å²) in [5, 5.41) is 14.6. The van der Waals surface area contributed by atoms with Crippen LogP contribution in [0, 0.1) is 6.92 Å². The number of aryl methyl sites for hydroxylation is 1. The number of amides is 1. The maximum absolute atomic E-state index is 13.0. The summed E-state index contributed by atoms with van der Waals surface area (Å²) in [4.78, 5) is 17.0. The third-order valence-corrected chi connectivity index (χ3v) is 7.99. The smallest absolute Gasteiger partial charge is 0.347 e. The van der Waals surface area contributed by atoms with E-state index in [1.165, 1.54) is 35.2 Å². The fraction of sp³-hybridized carbons (Fsp3) is 0.172. The van der Waals surface area contributed by atoms with Crippen molar-refractivity contribution in [1.29, 1.82) is 0 Å². The second-order valence-electron chi connectivity index (χ2n) is 9.03. The number of nitrogens with zero attached hydrogens (tertiary/aromatic N) is 4. The van der Waals surface area contributed by atoms with Crippen LogP contribution in [0.25, 0.3) is 5.69 Å². The third-order valence-electron chi connectivity index (χ3n) is 6.01. The van der Waals surface area contributed by atoms with Crippen molar-refractivity contribution in [3.63, 3.8) is 0 Å². The van der Waals surface area contributed by atoms with Gasteiger partial charge in [0.05, 0.1) is 11.3 Å². The molecule has 204 valence electrons. The van der Waals surface area contributed by atoms with Gasteiger partial charge in [-0.15, -0.1) is 21.5 Å². The van der Waals surface area contributed by atoms with E-state index in [1.54, 1.807) is 5.38 Å². The van der Waals surface area contributed by atoms with E-state index in [0.717, 1.165) is 39.8 Å². The van der Waals surface area contributed by atoms with Gasteiger partial charge < -0.3 is 5.32 Å². The second kappa shape index (κ2) is 12.1. The molecule has 2 heterocycles. The first-order valence-electron chi connectivity index (χ1n) is 12.3. The molecule has 11 heteroatoms. The van der Waals surface area contributed by atoms with Gasteiger partial charge in [-0.05, 0) is 42.3 Å². The van der Waals surface area contributed by atoms with E-state index in [0.29, 0.717) is 22.9 Å². The number of alkyl halides is 3. The Hall–Kier alpha value is -3.96. The van der Waals surface area contributed by atoms with Crippen LogP contribution in [0.4, 0.5) is 13.2 Å². The van der Waals surface area contributed by atoms with Crippen LogP contribution in [0.1, 0.15) is 43.6 Å². The molecule has 0 saturated carbocycles. The van der Waals surface area contributed by atoms with Crippen molar-refractivity contribution in [2.24, 2.45) is 0 Å². The highest BCUT2D eigenvalue weighted by Gasteiger charge is 2.30. The zero-order chi connectivity index (χ0) is 28.1. The van der Waals surface area contributed by atoms with Gasteiger partial charge in [0, 0.05) is 24.0 Å². The number of halogens is 3. The van der Waals surface area contributed by atoms with Gasteiger partial charge in [0.1, 0.15) is 16.5 Å². The van der Waals surface area contributed by atoms with E-state index in [4.69, 9.17) is 0 Å². The molecule has 6 nitrogen and oxygen atoms in total. The van der Waals surface area contributed by atoms with E-state index >= 15 is 0 Å². The predicted molar refractivity (Wildman–Crippen MR) is 150 cm³/mol. The number of thiazole rings is 1. The lowest BCUT2D eigenvalue weighted by atomic mass is 10.1. The summed E-state index contributed by atoms with van der Waals surface area (Å²) in [5.74, 6) is 0.838. The van der Waals surface area contributed by atoms with Crippen LogP contribution in [-0.4, -0.2) is 25.7 Å². The van der Waals surface area contributed by atoms with Crippen LogP contribution >= 0.6 is 23.1 Å². The number of aromatic nitrogens is 4. The van der Waals surface area contributed by atoms with Gasteiger partial charge in [-0.1, -0.05) is 71.9 Å². The van der Waals surface area contributed by atoms with Crippen LogP contribution in [0.15, 0.2) is 89.4 Å². The topological polar surface area (TPSA) is 72.7 Å². The first kappa shape index (κ1) is 27.6. The maximum Gasteiger partial charge on any atom is 0.416 e. The molecule has 1 N–H and O–H groups in total. The Balaban J connectivity index is 1.26. The monoisotopic (exact) mass is 579 g/mol. The number of benzene rings is 3. The Morgan fingerprint density at radius 3 is 2.48 bits per heavy atom. The minimum Gasteiger partial charge on any atom is -0.347 e. The average molecular weight is 580 g/mol. The molecule has 0 aliphatic carbocycles. The summed E-state index contributed by atoms with van der Waals surface area (Å²) in [7, 11) is 0. The van der Waals surface area contributed by atoms with E-state index in [2.05, 4.69) is 32.6 Å².